The molecule has 0 aromatic heterocycles. The first-order valence-electron chi connectivity index (χ1n) is 9.82. The van der Waals surface area contributed by atoms with E-state index in [1.54, 1.807) is 0 Å². The second kappa shape index (κ2) is 14.1. The van der Waals surface area contributed by atoms with Crippen LogP contribution in [0.25, 0.3) is 0 Å². The first-order chi connectivity index (χ1) is 10.6. The lowest BCUT2D eigenvalue weighted by Gasteiger charge is -2.24. The Labute approximate surface area is 141 Å². The Kier molecular flexibility index (Phi) is 13.7. The van der Waals surface area contributed by atoms with Crippen molar-refractivity contribution in [3.8, 4) is 0 Å². The molecule has 2 nitrogen and oxygen atoms in total. The molecule has 0 spiro atoms. The first kappa shape index (κ1) is 21.5. The number of hydrogen-bond acceptors (Lipinski definition) is 0. The summed E-state index contributed by atoms with van der Waals surface area (Å²) in [6.07, 6.45) is 13.7. The molecule has 132 valence electrons. The Morgan fingerprint density at radius 3 is 2.00 bits per heavy atom. The molecular weight excluding hydrogens is 268 g/mol. The summed E-state index contributed by atoms with van der Waals surface area (Å²) in [5.74, 6) is 2.29. The van der Waals surface area contributed by atoms with Crippen LogP contribution < -0.4 is 0 Å². The molecule has 0 rings (SSSR count). The summed E-state index contributed by atoms with van der Waals surface area (Å²) in [7, 11) is 4.35. The zero-order valence-electron chi connectivity index (χ0n) is 16.5. The Balaban J connectivity index is 4.35. The van der Waals surface area contributed by atoms with Crippen LogP contribution in [0.4, 0.5) is 0 Å². The molecule has 0 aliphatic heterocycles. The van der Waals surface area contributed by atoms with Gasteiger partial charge < -0.3 is 0 Å². The van der Waals surface area contributed by atoms with Gasteiger partial charge in [0.05, 0.1) is 27.2 Å². The average molecular weight is 312 g/mol. The largest absolute Gasteiger partial charge is 0.271 e. The lowest BCUT2D eigenvalue weighted by atomic mass is 9.98. The van der Waals surface area contributed by atoms with E-state index in [9.17, 15) is 0 Å². The van der Waals surface area contributed by atoms with Crippen molar-refractivity contribution in [1.29, 1.82) is 0 Å². The smallest absolute Gasteiger partial charge is 0.243 e. The number of rotatable bonds is 13. The fourth-order valence-electron chi connectivity index (χ4n) is 2.98. The molecule has 0 saturated carbocycles. The number of nitrogens with zero attached hydrogens (tertiary/aromatic N) is 2. The molecule has 2 heteroatoms. The van der Waals surface area contributed by atoms with E-state index in [1.165, 1.54) is 83.1 Å². The quantitative estimate of drug-likeness (QED) is 0.187. The van der Waals surface area contributed by atoms with Crippen molar-refractivity contribution in [2.45, 2.75) is 91.9 Å². The molecule has 0 aliphatic rings. The first-order valence-corrected chi connectivity index (χ1v) is 9.82. The summed E-state index contributed by atoms with van der Waals surface area (Å²) in [6.45, 7) is 11.7. The maximum atomic E-state index is 2.64. The van der Waals surface area contributed by atoms with Crippen molar-refractivity contribution in [3.63, 3.8) is 0 Å². The van der Waals surface area contributed by atoms with Gasteiger partial charge in [-0.05, 0) is 31.6 Å². The molecule has 1 unspecified atom stereocenters. The Bertz CT molecular complexity index is 279. The van der Waals surface area contributed by atoms with Crippen LogP contribution >= 0.6 is 0 Å². The number of unbranched alkanes of at least 4 members (excludes halogenated alkanes) is 6. The lowest BCUT2D eigenvalue weighted by Crippen LogP contribution is -2.38. The van der Waals surface area contributed by atoms with E-state index in [1.807, 2.05) is 0 Å². The van der Waals surface area contributed by atoms with Crippen molar-refractivity contribution >= 4 is 5.84 Å². The van der Waals surface area contributed by atoms with Gasteiger partial charge in [0, 0.05) is 6.92 Å². The molecule has 22 heavy (non-hydrogen) atoms. The molecule has 0 heterocycles. The molecule has 0 aromatic carbocycles. The average Bonchev–Trinajstić information content (AvgIpc) is 2.51. The van der Waals surface area contributed by atoms with Crippen LogP contribution in [-0.2, 0) is 0 Å². The van der Waals surface area contributed by atoms with Crippen LogP contribution in [0.15, 0.2) is 0 Å². The fraction of sp³-hybridized carbons (Fsp3) is 0.950. The van der Waals surface area contributed by atoms with Gasteiger partial charge in [0.1, 0.15) is 0 Å². The van der Waals surface area contributed by atoms with Crippen molar-refractivity contribution in [2.24, 2.45) is 5.92 Å². The Morgan fingerprint density at radius 2 is 1.45 bits per heavy atom. The molecule has 0 amide bonds. The zero-order chi connectivity index (χ0) is 16.8. The summed E-state index contributed by atoms with van der Waals surface area (Å²) >= 11 is 0. The minimum atomic E-state index is 0.856. The molecule has 0 bridgehead atoms. The lowest BCUT2D eigenvalue weighted by molar-refractivity contribution is -0.470. The van der Waals surface area contributed by atoms with Gasteiger partial charge in [-0.25, -0.2) is 0 Å². The summed E-state index contributed by atoms with van der Waals surface area (Å²) in [6, 6.07) is 0. The molecule has 0 aliphatic carbocycles. The minimum Gasteiger partial charge on any atom is -0.271 e. The van der Waals surface area contributed by atoms with E-state index in [0.717, 1.165) is 5.92 Å². The normalized spacial score (nSPS) is 12.3. The zero-order valence-corrected chi connectivity index (χ0v) is 16.5. The summed E-state index contributed by atoms with van der Waals surface area (Å²) in [5, 5.41) is 0. The second-order valence-electron chi connectivity index (χ2n) is 7.07. The van der Waals surface area contributed by atoms with Gasteiger partial charge in [0.2, 0.25) is 5.84 Å². The molecule has 0 saturated heterocycles. The Hall–Kier alpha value is -0.530. The predicted molar refractivity (Wildman–Crippen MR) is 101 cm³/mol. The fourth-order valence-corrected chi connectivity index (χ4v) is 2.98. The molecule has 0 fully saturated rings. The predicted octanol–water partition coefficient (Wildman–Crippen LogP) is 5.56. The van der Waals surface area contributed by atoms with Gasteiger partial charge in [-0.3, -0.25) is 9.48 Å². The van der Waals surface area contributed by atoms with Crippen molar-refractivity contribution in [1.82, 2.24) is 4.90 Å². The van der Waals surface area contributed by atoms with E-state index in [4.69, 9.17) is 0 Å². The summed E-state index contributed by atoms with van der Waals surface area (Å²) in [5.41, 5.74) is 0. The molecule has 0 aromatic rings. The van der Waals surface area contributed by atoms with Gasteiger partial charge in [0.25, 0.3) is 0 Å². The SMILES string of the molecule is CCCCCCCCN(CC(CC)CCCC)C(C)=[N+](C)C. The van der Waals surface area contributed by atoms with Crippen LogP contribution in [0.3, 0.4) is 0 Å². The van der Waals surface area contributed by atoms with Gasteiger partial charge in [-0.2, -0.15) is 0 Å². The van der Waals surface area contributed by atoms with E-state index < -0.39 is 0 Å². The monoisotopic (exact) mass is 311 g/mol. The highest BCUT2D eigenvalue weighted by atomic mass is 15.2. The van der Waals surface area contributed by atoms with Crippen LogP contribution in [0.1, 0.15) is 91.9 Å². The minimum absolute atomic E-state index is 0.856. The van der Waals surface area contributed by atoms with Crippen LogP contribution in [0, 0.1) is 5.92 Å². The molecular formula is C20H43N2+. The van der Waals surface area contributed by atoms with Gasteiger partial charge >= 0.3 is 0 Å². The highest BCUT2D eigenvalue weighted by molar-refractivity contribution is 5.74. The van der Waals surface area contributed by atoms with Crippen molar-refractivity contribution in [3.05, 3.63) is 0 Å². The van der Waals surface area contributed by atoms with Crippen molar-refractivity contribution in [2.75, 3.05) is 27.2 Å². The second-order valence-corrected chi connectivity index (χ2v) is 7.07. The molecule has 0 radical (unpaired) electrons. The van der Waals surface area contributed by atoms with E-state index in [0.29, 0.717) is 0 Å². The van der Waals surface area contributed by atoms with Crippen LogP contribution in [-0.4, -0.2) is 42.5 Å². The third-order valence-corrected chi connectivity index (χ3v) is 4.91. The number of amidine groups is 1. The standard InChI is InChI=1S/C20H43N2/c1-7-10-12-13-14-15-17-22(19(4)21(5)6)18-20(9-3)16-11-8-2/h20H,7-18H2,1-6H3/q+1. The molecule has 0 N–H and O–H groups in total. The van der Waals surface area contributed by atoms with Crippen LogP contribution in [0.5, 0.6) is 0 Å². The Morgan fingerprint density at radius 1 is 0.864 bits per heavy atom. The van der Waals surface area contributed by atoms with Gasteiger partial charge in [0.15, 0.2) is 0 Å². The third-order valence-electron chi connectivity index (χ3n) is 4.91. The van der Waals surface area contributed by atoms with Gasteiger partial charge in [-0.15, -0.1) is 0 Å². The highest BCUT2D eigenvalue weighted by Crippen LogP contribution is 2.15. The van der Waals surface area contributed by atoms with Gasteiger partial charge in [-0.1, -0.05) is 59.3 Å². The van der Waals surface area contributed by atoms with E-state index in [-0.39, 0.29) is 0 Å². The maximum absolute atomic E-state index is 2.64. The van der Waals surface area contributed by atoms with E-state index in [2.05, 4.69) is 51.3 Å². The summed E-state index contributed by atoms with van der Waals surface area (Å²) in [4.78, 5) is 2.64. The van der Waals surface area contributed by atoms with Crippen molar-refractivity contribution < 1.29 is 4.58 Å². The number of hydrogen-bond donors (Lipinski definition) is 0. The van der Waals surface area contributed by atoms with E-state index >= 15 is 0 Å². The van der Waals surface area contributed by atoms with Crippen LogP contribution in [0.2, 0.25) is 0 Å². The third kappa shape index (κ3) is 10.2. The molecule has 1 atom stereocenters. The highest BCUT2D eigenvalue weighted by Gasteiger charge is 2.20. The topological polar surface area (TPSA) is 6.25 Å². The summed E-state index contributed by atoms with van der Waals surface area (Å²) < 4.78 is 2.28. The maximum Gasteiger partial charge on any atom is 0.243 e.